The van der Waals surface area contributed by atoms with Gasteiger partial charge in [0.15, 0.2) is 0 Å². The summed E-state index contributed by atoms with van der Waals surface area (Å²) in [5, 5.41) is 0. The molecule has 0 bridgehead atoms. The Morgan fingerprint density at radius 1 is 1.14 bits per heavy atom. The largest absolute Gasteiger partial charge is 0.207 e. The summed E-state index contributed by atoms with van der Waals surface area (Å²) in [6.07, 6.45) is 4.70. The van der Waals surface area contributed by atoms with Crippen molar-refractivity contribution in [1.82, 2.24) is 0 Å². The van der Waals surface area contributed by atoms with Gasteiger partial charge in [0.1, 0.15) is 5.82 Å². The highest BCUT2D eigenvalue weighted by molar-refractivity contribution is 7.99. The third kappa shape index (κ3) is 2.38. The monoisotopic (exact) mass is 208 g/mol. The maximum absolute atomic E-state index is 12.7. The van der Waals surface area contributed by atoms with Crippen LogP contribution in [0.25, 0.3) is 5.57 Å². The van der Waals surface area contributed by atoms with Gasteiger partial charge in [0, 0.05) is 5.75 Å². The van der Waals surface area contributed by atoms with Crippen LogP contribution in [0.2, 0.25) is 0 Å². The number of halogens is 1. The molecule has 74 valence electrons. The zero-order valence-electron chi connectivity index (χ0n) is 8.00. The first-order chi connectivity index (χ1) is 6.86. The van der Waals surface area contributed by atoms with Crippen molar-refractivity contribution in [2.24, 2.45) is 0 Å². The number of rotatable bonds is 1. The molecular weight excluding hydrogens is 195 g/mol. The normalized spacial score (nSPS) is 17.4. The van der Waals surface area contributed by atoms with Gasteiger partial charge in [-0.05, 0) is 41.9 Å². The van der Waals surface area contributed by atoms with Crippen LogP contribution in [0.5, 0.6) is 0 Å². The molecular formula is C12H13FS. The van der Waals surface area contributed by atoms with Gasteiger partial charge in [0.25, 0.3) is 0 Å². The average Bonchev–Trinajstić information content (AvgIpc) is 2.47. The van der Waals surface area contributed by atoms with E-state index in [9.17, 15) is 4.39 Å². The Kier molecular flexibility index (Phi) is 3.25. The van der Waals surface area contributed by atoms with Gasteiger partial charge in [-0.2, -0.15) is 11.8 Å². The van der Waals surface area contributed by atoms with Crippen molar-refractivity contribution in [1.29, 1.82) is 0 Å². The fourth-order valence-electron chi connectivity index (χ4n) is 1.57. The van der Waals surface area contributed by atoms with Gasteiger partial charge < -0.3 is 0 Å². The zero-order valence-corrected chi connectivity index (χ0v) is 8.82. The lowest BCUT2D eigenvalue weighted by atomic mass is 10.1. The van der Waals surface area contributed by atoms with Crippen molar-refractivity contribution < 1.29 is 4.39 Å². The van der Waals surface area contributed by atoms with Gasteiger partial charge >= 0.3 is 0 Å². The molecule has 0 aliphatic carbocycles. The van der Waals surface area contributed by atoms with Crippen LogP contribution in [0.3, 0.4) is 0 Å². The molecule has 0 aromatic heterocycles. The van der Waals surface area contributed by atoms with Gasteiger partial charge in [-0.25, -0.2) is 4.39 Å². The van der Waals surface area contributed by atoms with Crippen LogP contribution in [0.4, 0.5) is 4.39 Å². The molecule has 0 radical (unpaired) electrons. The summed E-state index contributed by atoms with van der Waals surface area (Å²) in [5.41, 5.74) is 2.52. The summed E-state index contributed by atoms with van der Waals surface area (Å²) >= 11 is 1.96. The number of benzene rings is 1. The standard InChI is InChI=1S/C12H13FS/c13-12-6-4-10(5-7-12)11-3-1-2-8-14-9-11/h3-7H,1-2,8-9H2. The van der Waals surface area contributed by atoms with Gasteiger partial charge in [-0.1, -0.05) is 18.2 Å². The number of thioether (sulfide) groups is 1. The van der Waals surface area contributed by atoms with E-state index >= 15 is 0 Å². The molecule has 0 fully saturated rings. The summed E-state index contributed by atoms with van der Waals surface area (Å²) in [5.74, 6) is 2.14. The van der Waals surface area contributed by atoms with Gasteiger partial charge in [-0.3, -0.25) is 0 Å². The molecule has 2 rings (SSSR count). The van der Waals surface area contributed by atoms with Crippen LogP contribution < -0.4 is 0 Å². The maximum Gasteiger partial charge on any atom is 0.123 e. The van der Waals surface area contributed by atoms with Crippen molar-refractivity contribution in [3.05, 3.63) is 41.7 Å². The summed E-state index contributed by atoms with van der Waals surface area (Å²) in [6, 6.07) is 6.80. The highest BCUT2D eigenvalue weighted by atomic mass is 32.2. The summed E-state index contributed by atoms with van der Waals surface area (Å²) in [4.78, 5) is 0. The maximum atomic E-state index is 12.7. The van der Waals surface area contributed by atoms with Crippen molar-refractivity contribution in [2.45, 2.75) is 12.8 Å². The Labute approximate surface area is 88.2 Å². The van der Waals surface area contributed by atoms with E-state index in [0.717, 1.165) is 12.2 Å². The topological polar surface area (TPSA) is 0 Å². The first-order valence-electron chi connectivity index (χ1n) is 4.89. The molecule has 0 saturated heterocycles. The van der Waals surface area contributed by atoms with Crippen molar-refractivity contribution in [2.75, 3.05) is 11.5 Å². The third-order valence-electron chi connectivity index (χ3n) is 2.36. The van der Waals surface area contributed by atoms with Crippen LogP contribution in [0.15, 0.2) is 30.3 Å². The van der Waals surface area contributed by atoms with E-state index in [-0.39, 0.29) is 5.82 Å². The SMILES string of the molecule is Fc1ccc(C2=CCCCSC2)cc1. The van der Waals surface area contributed by atoms with Gasteiger partial charge in [-0.15, -0.1) is 0 Å². The molecule has 14 heavy (non-hydrogen) atoms. The smallest absolute Gasteiger partial charge is 0.123 e. The number of hydrogen-bond donors (Lipinski definition) is 0. The molecule has 1 aromatic carbocycles. The molecule has 0 unspecified atom stereocenters. The first-order valence-corrected chi connectivity index (χ1v) is 6.04. The molecule has 0 saturated carbocycles. The van der Waals surface area contributed by atoms with E-state index in [1.807, 2.05) is 23.9 Å². The second kappa shape index (κ2) is 4.65. The highest BCUT2D eigenvalue weighted by Crippen LogP contribution is 2.24. The molecule has 1 aliphatic rings. The fraction of sp³-hybridized carbons (Fsp3) is 0.333. The van der Waals surface area contributed by atoms with E-state index < -0.39 is 0 Å². The summed E-state index contributed by atoms with van der Waals surface area (Å²) in [7, 11) is 0. The quantitative estimate of drug-likeness (QED) is 0.677. The molecule has 0 nitrogen and oxygen atoms in total. The Hall–Kier alpha value is -0.760. The van der Waals surface area contributed by atoms with E-state index in [0.29, 0.717) is 0 Å². The minimum Gasteiger partial charge on any atom is -0.207 e. The predicted molar refractivity (Wildman–Crippen MR) is 60.9 cm³/mol. The number of allylic oxidation sites excluding steroid dienone is 1. The van der Waals surface area contributed by atoms with Crippen LogP contribution >= 0.6 is 11.8 Å². The molecule has 1 aromatic rings. The highest BCUT2D eigenvalue weighted by Gasteiger charge is 2.05. The lowest BCUT2D eigenvalue weighted by Gasteiger charge is -2.04. The van der Waals surface area contributed by atoms with Crippen LogP contribution in [-0.2, 0) is 0 Å². The van der Waals surface area contributed by atoms with Crippen molar-refractivity contribution in [3.8, 4) is 0 Å². The minimum atomic E-state index is -0.157. The van der Waals surface area contributed by atoms with E-state index in [1.165, 1.54) is 35.4 Å². The van der Waals surface area contributed by atoms with E-state index in [4.69, 9.17) is 0 Å². The van der Waals surface area contributed by atoms with Crippen LogP contribution in [0, 0.1) is 5.82 Å². The van der Waals surface area contributed by atoms with Crippen molar-refractivity contribution in [3.63, 3.8) is 0 Å². The Bertz CT molecular complexity index is 327. The molecule has 0 amide bonds. The molecule has 0 spiro atoms. The predicted octanol–water partition coefficient (Wildman–Crippen LogP) is 3.74. The van der Waals surface area contributed by atoms with E-state index in [1.54, 1.807) is 0 Å². The Morgan fingerprint density at radius 2 is 1.93 bits per heavy atom. The Morgan fingerprint density at radius 3 is 2.71 bits per heavy atom. The average molecular weight is 208 g/mol. The van der Waals surface area contributed by atoms with Crippen LogP contribution in [-0.4, -0.2) is 11.5 Å². The first kappa shape index (κ1) is 9.78. The molecule has 0 N–H and O–H groups in total. The third-order valence-corrected chi connectivity index (χ3v) is 3.45. The van der Waals surface area contributed by atoms with E-state index in [2.05, 4.69) is 6.08 Å². The van der Waals surface area contributed by atoms with Crippen molar-refractivity contribution >= 4 is 17.3 Å². The lowest BCUT2D eigenvalue weighted by molar-refractivity contribution is 0.627. The van der Waals surface area contributed by atoms with Gasteiger partial charge in [0.05, 0.1) is 0 Å². The summed E-state index contributed by atoms with van der Waals surface area (Å²) < 4.78 is 12.7. The second-order valence-corrected chi connectivity index (χ2v) is 4.54. The van der Waals surface area contributed by atoms with Crippen LogP contribution in [0.1, 0.15) is 18.4 Å². The second-order valence-electron chi connectivity index (χ2n) is 3.43. The molecule has 2 heteroatoms. The van der Waals surface area contributed by atoms with Gasteiger partial charge in [0.2, 0.25) is 0 Å². The molecule has 0 atom stereocenters. The fourth-order valence-corrected chi connectivity index (χ4v) is 2.59. The molecule has 1 aliphatic heterocycles. The lowest BCUT2D eigenvalue weighted by Crippen LogP contribution is -1.87. The zero-order chi connectivity index (χ0) is 9.80. The summed E-state index contributed by atoms with van der Waals surface area (Å²) in [6.45, 7) is 0. The minimum absolute atomic E-state index is 0.157. The molecule has 1 heterocycles. The Balaban J connectivity index is 2.20. The number of hydrogen-bond acceptors (Lipinski definition) is 1.